The van der Waals surface area contributed by atoms with E-state index in [2.05, 4.69) is 11.9 Å². The molecule has 35 heavy (non-hydrogen) atoms. The van der Waals surface area contributed by atoms with Crippen molar-refractivity contribution in [2.45, 2.75) is 19.4 Å². The summed E-state index contributed by atoms with van der Waals surface area (Å²) < 4.78 is 11.2. The van der Waals surface area contributed by atoms with Crippen LogP contribution in [0.15, 0.2) is 83.8 Å². The molecule has 1 unspecified atom stereocenters. The molecular formula is C27H28ClN3O4. The number of halogens is 1. The summed E-state index contributed by atoms with van der Waals surface area (Å²) in [5, 5.41) is 3.50. The van der Waals surface area contributed by atoms with Gasteiger partial charge in [-0.05, 0) is 61.5 Å². The maximum absolute atomic E-state index is 13.4. The predicted molar refractivity (Wildman–Crippen MR) is 136 cm³/mol. The van der Waals surface area contributed by atoms with Crippen LogP contribution in [-0.4, -0.2) is 53.9 Å². The van der Waals surface area contributed by atoms with E-state index in [1.165, 1.54) is 0 Å². The minimum atomic E-state index is -0.666. The molecule has 1 fully saturated rings. The van der Waals surface area contributed by atoms with E-state index < -0.39 is 6.04 Å². The molecule has 3 aromatic rings. The van der Waals surface area contributed by atoms with E-state index in [4.69, 9.17) is 20.8 Å². The van der Waals surface area contributed by atoms with Gasteiger partial charge in [-0.25, -0.2) is 0 Å². The van der Waals surface area contributed by atoms with Crippen molar-refractivity contribution in [1.82, 2.24) is 9.80 Å². The summed E-state index contributed by atoms with van der Waals surface area (Å²) >= 11 is 5.97. The fraction of sp³-hybridized carbons (Fsp3) is 0.259. The molecule has 1 aromatic heterocycles. The number of hydrogen-bond acceptors (Lipinski definition) is 5. The van der Waals surface area contributed by atoms with Crippen molar-refractivity contribution in [3.63, 3.8) is 0 Å². The lowest BCUT2D eigenvalue weighted by molar-refractivity contribution is -0.123. The summed E-state index contributed by atoms with van der Waals surface area (Å²) in [6.07, 6.45) is 2.42. The third-order valence-electron chi connectivity index (χ3n) is 5.79. The quantitative estimate of drug-likeness (QED) is 0.433. The average molecular weight is 494 g/mol. The second kappa shape index (κ2) is 11.1. The van der Waals surface area contributed by atoms with Crippen LogP contribution in [0.4, 0.5) is 5.69 Å². The van der Waals surface area contributed by atoms with E-state index in [1.54, 1.807) is 53.6 Å². The first kappa shape index (κ1) is 24.4. The highest BCUT2D eigenvalue weighted by atomic mass is 35.5. The van der Waals surface area contributed by atoms with Gasteiger partial charge < -0.3 is 24.3 Å². The van der Waals surface area contributed by atoms with Crippen LogP contribution in [0.25, 0.3) is 11.3 Å². The SMILES string of the molecule is C=C(OCCC)N1CCN(C(=O)c2cccc(-c3ccco3)c2)CC1C(=O)Nc1ccc(Cl)cc1. The number of hydrogen-bond donors (Lipinski definition) is 1. The van der Waals surface area contributed by atoms with Crippen molar-refractivity contribution >= 4 is 29.1 Å². The number of ether oxygens (including phenoxy) is 1. The minimum Gasteiger partial charge on any atom is -0.479 e. The van der Waals surface area contributed by atoms with E-state index in [1.807, 2.05) is 30.0 Å². The van der Waals surface area contributed by atoms with Gasteiger partial charge in [0.1, 0.15) is 11.8 Å². The molecule has 2 amide bonds. The summed E-state index contributed by atoms with van der Waals surface area (Å²) in [6.45, 7) is 7.58. The zero-order chi connectivity index (χ0) is 24.8. The molecule has 0 radical (unpaired) electrons. The van der Waals surface area contributed by atoms with Crippen molar-refractivity contribution in [3.05, 3.63) is 90.0 Å². The number of amides is 2. The number of carbonyl (C=O) groups is 2. The number of rotatable bonds is 8. The number of furan rings is 1. The summed E-state index contributed by atoms with van der Waals surface area (Å²) in [5.74, 6) is 0.710. The van der Waals surface area contributed by atoms with Crippen molar-refractivity contribution < 1.29 is 18.7 Å². The fourth-order valence-electron chi connectivity index (χ4n) is 3.98. The Labute approximate surface area is 209 Å². The summed E-state index contributed by atoms with van der Waals surface area (Å²) in [7, 11) is 0. The smallest absolute Gasteiger partial charge is 0.254 e. The molecule has 1 aliphatic rings. The molecule has 1 aliphatic heterocycles. The lowest BCUT2D eigenvalue weighted by Gasteiger charge is -2.42. The third-order valence-corrected chi connectivity index (χ3v) is 6.04. The maximum atomic E-state index is 13.4. The Balaban J connectivity index is 1.53. The van der Waals surface area contributed by atoms with Gasteiger partial charge in [0.15, 0.2) is 5.88 Å². The van der Waals surface area contributed by atoms with Crippen LogP contribution in [0.3, 0.4) is 0 Å². The van der Waals surface area contributed by atoms with Gasteiger partial charge >= 0.3 is 0 Å². The molecule has 1 saturated heterocycles. The normalized spacial score (nSPS) is 15.5. The predicted octanol–water partition coefficient (Wildman–Crippen LogP) is 5.26. The molecule has 2 heterocycles. The van der Waals surface area contributed by atoms with Crippen molar-refractivity contribution in [3.8, 4) is 11.3 Å². The molecule has 2 aromatic carbocycles. The lowest BCUT2D eigenvalue weighted by Crippen LogP contribution is -2.58. The molecule has 1 atom stereocenters. The van der Waals surface area contributed by atoms with Crippen LogP contribution < -0.4 is 5.32 Å². The van der Waals surface area contributed by atoms with Gasteiger partial charge in [-0.2, -0.15) is 0 Å². The monoisotopic (exact) mass is 493 g/mol. The number of nitrogens with zero attached hydrogens (tertiary/aromatic N) is 2. The van der Waals surface area contributed by atoms with Gasteiger partial charge in [-0.1, -0.05) is 30.7 Å². The lowest BCUT2D eigenvalue weighted by atomic mass is 10.1. The molecule has 0 aliphatic carbocycles. The first-order valence-electron chi connectivity index (χ1n) is 11.5. The Morgan fingerprint density at radius 1 is 1.14 bits per heavy atom. The Morgan fingerprint density at radius 3 is 2.66 bits per heavy atom. The third kappa shape index (κ3) is 5.87. The number of anilines is 1. The van der Waals surface area contributed by atoms with Gasteiger partial charge in [-0.15, -0.1) is 0 Å². The molecule has 7 nitrogen and oxygen atoms in total. The van der Waals surface area contributed by atoms with Gasteiger partial charge in [0.25, 0.3) is 5.91 Å². The fourth-order valence-corrected chi connectivity index (χ4v) is 4.11. The maximum Gasteiger partial charge on any atom is 0.254 e. The first-order chi connectivity index (χ1) is 17.0. The molecule has 1 N–H and O–H groups in total. The average Bonchev–Trinajstić information content (AvgIpc) is 3.43. The molecule has 4 rings (SSSR count). The van der Waals surface area contributed by atoms with Gasteiger partial charge in [0.05, 0.1) is 19.4 Å². The van der Waals surface area contributed by atoms with Crippen molar-refractivity contribution in [2.75, 3.05) is 31.6 Å². The summed E-state index contributed by atoms with van der Waals surface area (Å²) in [5.41, 5.74) is 1.97. The van der Waals surface area contributed by atoms with Crippen LogP contribution >= 0.6 is 11.6 Å². The highest BCUT2D eigenvalue weighted by Gasteiger charge is 2.36. The van der Waals surface area contributed by atoms with E-state index in [0.29, 0.717) is 47.6 Å². The second-order valence-electron chi connectivity index (χ2n) is 8.26. The Kier molecular flexibility index (Phi) is 7.77. The molecule has 0 spiro atoms. The highest BCUT2D eigenvalue weighted by Crippen LogP contribution is 2.24. The van der Waals surface area contributed by atoms with Crippen LogP contribution in [-0.2, 0) is 9.53 Å². The zero-order valence-electron chi connectivity index (χ0n) is 19.6. The standard InChI is InChI=1S/C27H28ClN3O4/c1-3-15-34-19(2)31-14-13-30(18-24(31)26(32)29-23-11-9-22(28)10-12-23)27(33)21-7-4-6-20(17-21)25-8-5-16-35-25/h4-12,16-17,24H,2-3,13-15,18H2,1H3,(H,29,32). The van der Waals surface area contributed by atoms with Crippen LogP contribution in [0.2, 0.25) is 5.02 Å². The van der Waals surface area contributed by atoms with Gasteiger partial charge in [0, 0.05) is 34.9 Å². The van der Waals surface area contributed by atoms with Crippen LogP contribution in [0, 0.1) is 0 Å². The molecule has 0 bridgehead atoms. The molecule has 0 saturated carbocycles. The topological polar surface area (TPSA) is 75.0 Å². The van der Waals surface area contributed by atoms with Crippen molar-refractivity contribution in [2.24, 2.45) is 0 Å². The Hall–Kier alpha value is -3.71. The number of piperazine rings is 1. The Bertz CT molecular complexity index is 1180. The van der Waals surface area contributed by atoms with Crippen LogP contribution in [0.5, 0.6) is 0 Å². The highest BCUT2D eigenvalue weighted by molar-refractivity contribution is 6.30. The van der Waals surface area contributed by atoms with E-state index in [0.717, 1.165) is 12.0 Å². The van der Waals surface area contributed by atoms with E-state index in [-0.39, 0.29) is 18.4 Å². The van der Waals surface area contributed by atoms with E-state index >= 15 is 0 Å². The molecular weight excluding hydrogens is 466 g/mol. The van der Waals surface area contributed by atoms with Crippen molar-refractivity contribution in [1.29, 1.82) is 0 Å². The molecule has 182 valence electrons. The number of carbonyl (C=O) groups excluding carboxylic acids is 2. The van der Waals surface area contributed by atoms with Gasteiger partial charge in [0.2, 0.25) is 5.91 Å². The first-order valence-corrected chi connectivity index (χ1v) is 11.9. The van der Waals surface area contributed by atoms with Crippen LogP contribution in [0.1, 0.15) is 23.7 Å². The van der Waals surface area contributed by atoms with Gasteiger partial charge in [-0.3, -0.25) is 9.59 Å². The molecule has 8 heteroatoms. The number of benzene rings is 2. The second-order valence-corrected chi connectivity index (χ2v) is 8.69. The van der Waals surface area contributed by atoms with E-state index in [9.17, 15) is 9.59 Å². The number of nitrogens with one attached hydrogen (secondary N) is 1. The Morgan fingerprint density at radius 2 is 1.94 bits per heavy atom. The largest absolute Gasteiger partial charge is 0.479 e. The minimum absolute atomic E-state index is 0.151. The summed E-state index contributed by atoms with van der Waals surface area (Å²) in [6, 6.07) is 17.2. The zero-order valence-corrected chi connectivity index (χ0v) is 20.3. The summed E-state index contributed by atoms with van der Waals surface area (Å²) in [4.78, 5) is 30.2.